The molecule has 0 aromatic carbocycles. The number of aromatic amines is 1. The molecule has 1 saturated heterocycles. The summed E-state index contributed by atoms with van der Waals surface area (Å²) in [5.74, 6) is 0.698. The Bertz CT molecular complexity index is 455. The van der Waals surface area contributed by atoms with Crippen molar-refractivity contribution in [1.29, 1.82) is 0 Å². The number of nitrogens with one attached hydrogen (secondary N) is 2. The predicted octanol–water partition coefficient (Wildman–Crippen LogP) is 2.03. The third-order valence-corrected chi connectivity index (χ3v) is 3.29. The molecule has 0 radical (unpaired) electrons. The minimum absolute atomic E-state index is 0.698. The summed E-state index contributed by atoms with van der Waals surface area (Å²) >= 11 is 0. The van der Waals surface area contributed by atoms with Crippen LogP contribution in [-0.2, 0) is 0 Å². The largest absolute Gasteiger partial charge is 0.361 e. The van der Waals surface area contributed by atoms with Crippen molar-refractivity contribution in [2.24, 2.45) is 0 Å². The zero-order chi connectivity index (χ0) is 10.1. The van der Waals surface area contributed by atoms with E-state index >= 15 is 0 Å². The summed E-state index contributed by atoms with van der Waals surface area (Å²) in [6.45, 7) is 2.27. The van der Waals surface area contributed by atoms with Crippen molar-refractivity contribution in [2.45, 2.75) is 18.8 Å². The van der Waals surface area contributed by atoms with Crippen LogP contribution in [0.15, 0.2) is 24.7 Å². The van der Waals surface area contributed by atoms with E-state index in [-0.39, 0.29) is 0 Å². The Labute approximate surface area is 88.9 Å². The van der Waals surface area contributed by atoms with Crippen LogP contribution in [0, 0.1) is 0 Å². The Balaban J connectivity index is 2.02. The van der Waals surface area contributed by atoms with Gasteiger partial charge in [-0.05, 0) is 43.5 Å². The van der Waals surface area contributed by atoms with E-state index in [1.165, 1.54) is 29.3 Å². The number of aromatic nitrogens is 2. The van der Waals surface area contributed by atoms with Crippen molar-refractivity contribution in [3.8, 4) is 0 Å². The molecule has 3 nitrogen and oxygen atoms in total. The minimum atomic E-state index is 0.698. The summed E-state index contributed by atoms with van der Waals surface area (Å²) in [6.07, 6.45) is 8.44. The van der Waals surface area contributed by atoms with E-state index in [1.54, 1.807) is 0 Å². The zero-order valence-corrected chi connectivity index (χ0v) is 8.66. The van der Waals surface area contributed by atoms with Crippen molar-refractivity contribution in [2.75, 3.05) is 13.1 Å². The number of hydrogen-bond acceptors (Lipinski definition) is 2. The predicted molar refractivity (Wildman–Crippen MR) is 60.9 cm³/mol. The molecule has 0 aliphatic carbocycles. The molecule has 0 bridgehead atoms. The number of piperidine rings is 1. The second kappa shape index (κ2) is 3.66. The molecule has 78 valence electrons. The molecule has 1 aliphatic rings. The second-order valence-electron chi connectivity index (χ2n) is 4.19. The molecule has 2 N–H and O–H groups in total. The molecular formula is C12H15N3. The van der Waals surface area contributed by atoms with Gasteiger partial charge >= 0.3 is 0 Å². The highest BCUT2D eigenvalue weighted by Gasteiger charge is 2.18. The maximum atomic E-state index is 4.20. The Hall–Kier alpha value is -1.35. The molecule has 3 heteroatoms. The Morgan fingerprint density at radius 1 is 1.27 bits per heavy atom. The van der Waals surface area contributed by atoms with E-state index in [4.69, 9.17) is 0 Å². The molecular weight excluding hydrogens is 186 g/mol. The van der Waals surface area contributed by atoms with Crippen LogP contribution in [0.2, 0.25) is 0 Å². The fourth-order valence-corrected chi connectivity index (χ4v) is 2.45. The van der Waals surface area contributed by atoms with E-state index in [0.717, 1.165) is 13.1 Å². The maximum Gasteiger partial charge on any atom is 0.0487 e. The highest BCUT2D eigenvalue weighted by Crippen LogP contribution is 2.30. The molecule has 3 heterocycles. The third-order valence-electron chi connectivity index (χ3n) is 3.29. The molecule has 0 atom stereocenters. The van der Waals surface area contributed by atoms with E-state index < -0.39 is 0 Å². The van der Waals surface area contributed by atoms with Gasteiger partial charge in [0, 0.05) is 29.5 Å². The number of hydrogen-bond donors (Lipinski definition) is 2. The normalized spacial score (nSPS) is 18.4. The van der Waals surface area contributed by atoms with Crippen LogP contribution in [0.25, 0.3) is 10.9 Å². The van der Waals surface area contributed by atoms with Gasteiger partial charge in [-0.15, -0.1) is 0 Å². The lowest BCUT2D eigenvalue weighted by Gasteiger charge is -2.22. The Morgan fingerprint density at radius 3 is 3.00 bits per heavy atom. The first-order valence-electron chi connectivity index (χ1n) is 5.57. The van der Waals surface area contributed by atoms with Gasteiger partial charge in [0.05, 0.1) is 0 Å². The van der Waals surface area contributed by atoms with Gasteiger partial charge in [0.25, 0.3) is 0 Å². The summed E-state index contributed by atoms with van der Waals surface area (Å²) < 4.78 is 0. The number of rotatable bonds is 1. The lowest BCUT2D eigenvalue weighted by atomic mass is 9.90. The van der Waals surface area contributed by atoms with E-state index in [1.807, 2.05) is 18.5 Å². The number of H-pyrrole nitrogens is 1. The molecule has 3 rings (SSSR count). The van der Waals surface area contributed by atoms with Crippen LogP contribution in [0.4, 0.5) is 0 Å². The van der Waals surface area contributed by atoms with E-state index in [2.05, 4.69) is 21.5 Å². The molecule has 0 amide bonds. The van der Waals surface area contributed by atoms with Crippen LogP contribution >= 0.6 is 0 Å². The first-order chi connectivity index (χ1) is 7.45. The quantitative estimate of drug-likeness (QED) is 0.741. The lowest BCUT2D eigenvalue weighted by molar-refractivity contribution is 0.462. The van der Waals surface area contributed by atoms with Gasteiger partial charge in [0.2, 0.25) is 0 Å². The molecule has 0 spiro atoms. The van der Waals surface area contributed by atoms with Crippen LogP contribution in [-0.4, -0.2) is 23.1 Å². The third kappa shape index (κ3) is 1.53. The standard InChI is InChI=1S/C12H15N3/c1-4-13-5-2-9(1)10-8-15-12-3-6-14-7-11(10)12/h3,6-9,13,15H,1-2,4-5H2. The summed E-state index contributed by atoms with van der Waals surface area (Å²) in [6, 6.07) is 2.04. The first-order valence-corrected chi connectivity index (χ1v) is 5.57. The van der Waals surface area contributed by atoms with E-state index in [0.29, 0.717) is 5.92 Å². The Morgan fingerprint density at radius 2 is 2.13 bits per heavy atom. The zero-order valence-electron chi connectivity index (χ0n) is 8.66. The van der Waals surface area contributed by atoms with Gasteiger partial charge in [0.15, 0.2) is 0 Å². The number of nitrogens with zero attached hydrogens (tertiary/aromatic N) is 1. The van der Waals surface area contributed by atoms with Gasteiger partial charge < -0.3 is 10.3 Å². The summed E-state index contributed by atoms with van der Waals surface area (Å²) in [5.41, 5.74) is 2.65. The smallest absolute Gasteiger partial charge is 0.0487 e. The summed E-state index contributed by atoms with van der Waals surface area (Å²) in [4.78, 5) is 7.53. The Kier molecular flexibility index (Phi) is 2.18. The molecule has 0 saturated carbocycles. The summed E-state index contributed by atoms with van der Waals surface area (Å²) in [7, 11) is 0. The molecule has 15 heavy (non-hydrogen) atoms. The van der Waals surface area contributed by atoms with Gasteiger partial charge in [-0.3, -0.25) is 4.98 Å². The van der Waals surface area contributed by atoms with Gasteiger partial charge in [-0.25, -0.2) is 0 Å². The lowest BCUT2D eigenvalue weighted by Crippen LogP contribution is -2.26. The van der Waals surface area contributed by atoms with Crippen molar-refractivity contribution in [1.82, 2.24) is 15.3 Å². The average molecular weight is 201 g/mol. The van der Waals surface area contributed by atoms with Crippen molar-refractivity contribution < 1.29 is 0 Å². The average Bonchev–Trinajstić information content (AvgIpc) is 2.74. The SMILES string of the molecule is c1cc2[nH]cc(C3CCNCC3)c2cn1. The first kappa shape index (κ1) is 8.92. The van der Waals surface area contributed by atoms with Crippen LogP contribution < -0.4 is 5.32 Å². The van der Waals surface area contributed by atoms with Crippen molar-refractivity contribution in [3.05, 3.63) is 30.2 Å². The number of pyridine rings is 1. The fraction of sp³-hybridized carbons (Fsp3) is 0.417. The molecule has 2 aromatic rings. The maximum absolute atomic E-state index is 4.20. The van der Waals surface area contributed by atoms with Gasteiger partial charge in [0.1, 0.15) is 0 Å². The number of fused-ring (bicyclic) bond motifs is 1. The molecule has 1 aliphatic heterocycles. The highest BCUT2D eigenvalue weighted by atomic mass is 14.9. The van der Waals surface area contributed by atoms with Crippen LogP contribution in [0.3, 0.4) is 0 Å². The summed E-state index contributed by atoms with van der Waals surface area (Å²) in [5, 5.41) is 4.69. The van der Waals surface area contributed by atoms with Crippen LogP contribution in [0.5, 0.6) is 0 Å². The monoisotopic (exact) mass is 201 g/mol. The van der Waals surface area contributed by atoms with Crippen molar-refractivity contribution in [3.63, 3.8) is 0 Å². The molecule has 2 aromatic heterocycles. The van der Waals surface area contributed by atoms with E-state index in [9.17, 15) is 0 Å². The van der Waals surface area contributed by atoms with Gasteiger partial charge in [-0.1, -0.05) is 0 Å². The molecule has 1 fully saturated rings. The second-order valence-corrected chi connectivity index (χ2v) is 4.19. The highest BCUT2D eigenvalue weighted by molar-refractivity contribution is 5.82. The van der Waals surface area contributed by atoms with Gasteiger partial charge in [-0.2, -0.15) is 0 Å². The fourth-order valence-electron chi connectivity index (χ4n) is 2.45. The molecule has 0 unspecified atom stereocenters. The minimum Gasteiger partial charge on any atom is -0.361 e. The topological polar surface area (TPSA) is 40.7 Å². The van der Waals surface area contributed by atoms with Crippen molar-refractivity contribution >= 4 is 10.9 Å². The van der Waals surface area contributed by atoms with Crippen LogP contribution in [0.1, 0.15) is 24.3 Å².